The number of imidazole rings is 1. The van der Waals surface area contributed by atoms with Gasteiger partial charge in [0.2, 0.25) is 0 Å². The van der Waals surface area contributed by atoms with Crippen LogP contribution in [0.2, 0.25) is 0 Å². The number of pyridine rings is 3. The summed E-state index contributed by atoms with van der Waals surface area (Å²) in [5.41, 5.74) is 8.49. The second-order valence-corrected chi connectivity index (χ2v) is 9.81. The van der Waals surface area contributed by atoms with Crippen molar-refractivity contribution in [2.45, 2.75) is 6.92 Å². The average molecular weight is 531 g/mol. The van der Waals surface area contributed by atoms with Crippen LogP contribution in [0.5, 0.6) is 0 Å². The van der Waals surface area contributed by atoms with Crippen LogP contribution in [0.3, 0.4) is 0 Å². The molecule has 1 aromatic carbocycles. The highest BCUT2D eigenvalue weighted by Gasteiger charge is 2.18. The van der Waals surface area contributed by atoms with Crippen LogP contribution < -0.4 is 10.6 Å². The van der Waals surface area contributed by atoms with Gasteiger partial charge in [-0.15, -0.1) is 0 Å². The number of amides is 2. The molecule has 5 aromatic heterocycles. The van der Waals surface area contributed by atoms with E-state index in [1.807, 2.05) is 30.5 Å². The van der Waals surface area contributed by atoms with Gasteiger partial charge in [-0.1, -0.05) is 24.3 Å². The van der Waals surface area contributed by atoms with Gasteiger partial charge in [-0.05, 0) is 30.2 Å². The molecular weight excluding hydrogens is 504 g/mol. The highest BCUT2D eigenvalue weighted by atomic mass is 16.2. The number of hydrogen-bond acceptors (Lipinski definition) is 7. The van der Waals surface area contributed by atoms with Crippen LogP contribution in [0.1, 0.15) is 5.56 Å². The lowest BCUT2D eigenvalue weighted by molar-refractivity contribution is 0.204. The fourth-order valence-corrected chi connectivity index (χ4v) is 5.10. The number of aromatic nitrogens is 7. The molecule has 6 heterocycles. The molecule has 0 bridgehead atoms. The number of nitrogens with one attached hydrogen (secondary N) is 4. The summed E-state index contributed by atoms with van der Waals surface area (Å²) in [5, 5.41) is 14.5. The Bertz CT molecular complexity index is 1870. The van der Waals surface area contributed by atoms with Gasteiger partial charge in [-0.3, -0.25) is 15.1 Å². The number of carbonyl (C=O) groups excluding carboxylic acids is 1. The van der Waals surface area contributed by atoms with Crippen molar-refractivity contribution < 1.29 is 4.79 Å². The molecule has 198 valence electrons. The number of aromatic amines is 2. The minimum atomic E-state index is -0.129. The Morgan fingerprint density at radius 3 is 2.65 bits per heavy atom. The Labute approximate surface area is 229 Å². The lowest BCUT2D eigenvalue weighted by Crippen LogP contribution is -2.48. The molecule has 40 heavy (non-hydrogen) atoms. The molecule has 0 unspecified atom stereocenters. The molecule has 1 saturated heterocycles. The van der Waals surface area contributed by atoms with Gasteiger partial charge in [-0.2, -0.15) is 5.10 Å². The SMILES string of the molecule is Cc1ccccc1-c1cncc2[nH]c(-c3[nH]nc4ncc(-c5cncc(NC(=O)N6CCNCC6)c5)cc34)nc12. The lowest BCUT2D eigenvalue weighted by atomic mass is 10.0. The van der Waals surface area contributed by atoms with Gasteiger partial charge < -0.3 is 20.5 Å². The van der Waals surface area contributed by atoms with Crippen LogP contribution in [0.4, 0.5) is 10.5 Å². The Kier molecular flexibility index (Phi) is 5.90. The molecule has 7 rings (SSSR count). The number of aryl methyl sites for hydroxylation is 1. The summed E-state index contributed by atoms with van der Waals surface area (Å²) < 4.78 is 0. The standard InChI is InChI=1S/C29H26N10O/c1-17-4-2-3-5-21(17)23-15-32-16-24-25(23)36-28(35-24)26-22-11-19(13-33-27(22)38-37-26)18-10-20(14-31-12-18)34-29(40)39-8-6-30-7-9-39/h2-5,10-16,30H,6-9H2,1H3,(H,34,40)(H,35,36)(H,33,37,38). The highest BCUT2D eigenvalue weighted by Crippen LogP contribution is 2.33. The van der Waals surface area contributed by atoms with Gasteiger partial charge in [0, 0.05) is 61.5 Å². The third-order valence-electron chi connectivity index (χ3n) is 7.20. The molecular formula is C29H26N10O. The van der Waals surface area contributed by atoms with Crippen LogP contribution in [0.25, 0.3) is 55.8 Å². The molecule has 1 fully saturated rings. The van der Waals surface area contributed by atoms with E-state index < -0.39 is 0 Å². The Morgan fingerprint density at radius 1 is 0.950 bits per heavy atom. The molecule has 0 saturated carbocycles. The van der Waals surface area contributed by atoms with E-state index in [2.05, 4.69) is 59.8 Å². The maximum Gasteiger partial charge on any atom is 0.321 e. The van der Waals surface area contributed by atoms with E-state index in [4.69, 9.17) is 4.98 Å². The van der Waals surface area contributed by atoms with Crippen LogP contribution in [0.15, 0.2) is 67.4 Å². The molecule has 0 atom stereocenters. The largest absolute Gasteiger partial charge is 0.335 e. The first-order chi connectivity index (χ1) is 19.6. The fourth-order valence-electron chi connectivity index (χ4n) is 5.10. The number of benzene rings is 1. The number of anilines is 1. The van der Waals surface area contributed by atoms with Crippen molar-refractivity contribution in [3.05, 3.63) is 72.9 Å². The third kappa shape index (κ3) is 4.31. The van der Waals surface area contributed by atoms with E-state index in [9.17, 15) is 4.79 Å². The molecule has 0 radical (unpaired) electrons. The molecule has 0 spiro atoms. The fraction of sp³-hybridized carbons (Fsp3) is 0.172. The number of urea groups is 1. The van der Waals surface area contributed by atoms with E-state index in [1.54, 1.807) is 29.7 Å². The molecule has 11 heteroatoms. The normalized spacial score (nSPS) is 13.7. The molecule has 1 aliphatic heterocycles. The van der Waals surface area contributed by atoms with Gasteiger partial charge in [0.25, 0.3) is 0 Å². The second-order valence-electron chi connectivity index (χ2n) is 9.81. The Morgan fingerprint density at radius 2 is 1.77 bits per heavy atom. The lowest BCUT2D eigenvalue weighted by Gasteiger charge is -2.27. The summed E-state index contributed by atoms with van der Waals surface area (Å²) in [7, 11) is 0. The smallest absolute Gasteiger partial charge is 0.321 e. The van der Waals surface area contributed by atoms with E-state index >= 15 is 0 Å². The molecule has 0 aliphatic carbocycles. The zero-order valence-electron chi connectivity index (χ0n) is 21.8. The summed E-state index contributed by atoms with van der Waals surface area (Å²) in [6.07, 6.45) is 8.78. The first kappa shape index (κ1) is 23.9. The quantitative estimate of drug-likeness (QED) is 0.265. The first-order valence-electron chi connectivity index (χ1n) is 13.1. The van der Waals surface area contributed by atoms with E-state index in [0.717, 1.165) is 63.0 Å². The number of nitrogens with zero attached hydrogens (tertiary/aromatic N) is 6. The highest BCUT2D eigenvalue weighted by molar-refractivity contribution is 5.97. The van der Waals surface area contributed by atoms with Gasteiger partial charge in [0.05, 0.1) is 34.5 Å². The number of carbonyl (C=O) groups is 1. The number of H-pyrrole nitrogens is 2. The maximum atomic E-state index is 12.7. The van der Waals surface area contributed by atoms with Crippen molar-refractivity contribution in [2.75, 3.05) is 31.5 Å². The van der Waals surface area contributed by atoms with Crippen molar-refractivity contribution in [1.29, 1.82) is 0 Å². The van der Waals surface area contributed by atoms with Crippen LogP contribution in [0, 0.1) is 6.92 Å². The summed E-state index contributed by atoms with van der Waals surface area (Å²) >= 11 is 0. The van der Waals surface area contributed by atoms with E-state index in [1.165, 1.54) is 0 Å². The van der Waals surface area contributed by atoms with Gasteiger partial charge in [0.15, 0.2) is 11.5 Å². The van der Waals surface area contributed by atoms with Gasteiger partial charge >= 0.3 is 6.03 Å². The average Bonchev–Trinajstić information content (AvgIpc) is 3.62. The number of rotatable bonds is 4. The number of hydrogen-bond donors (Lipinski definition) is 4. The summed E-state index contributed by atoms with van der Waals surface area (Å²) in [4.78, 5) is 36.2. The van der Waals surface area contributed by atoms with Crippen LogP contribution >= 0.6 is 0 Å². The zero-order valence-corrected chi connectivity index (χ0v) is 21.8. The zero-order chi connectivity index (χ0) is 27.1. The van der Waals surface area contributed by atoms with Crippen molar-refractivity contribution in [3.8, 4) is 33.8 Å². The minimum Gasteiger partial charge on any atom is -0.335 e. The predicted molar refractivity (Wildman–Crippen MR) is 154 cm³/mol. The molecule has 11 nitrogen and oxygen atoms in total. The number of piperazine rings is 1. The monoisotopic (exact) mass is 530 g/mol. The Hall–Kier alpha value is -5.16. The van der Waals surface area contributed by atoms with Crippen LogP contribution in [-0.2, 0) is 0 Å². The predicted octanol–water partition coefficient (Wildman–Crippen LogP) is 4.37. The van der Waals surface area contributed by atoms with Crippen molar-refractivity contribution >= 4 is 33.8 Å². The van der Waals surface area contributed by atoms with Crippen molar-refractivity contribution in [3.63, 3.8) is 0 Å². The van der Waals surface area contributed by atoms with Gasteiger partial charge in [-0.25, -0.2) is 14.8 Å². The van der Waals surface area contributed by atoms with E-state index in [0.29, 0.717) is 30.2 Å². The van der Waals surface area contributed by atoms with Crippen LogP contribution in [-0.4, -0.2) is 72.2 Å². The summed E-state index contributed by atoms with van der Waals surface area (Å²) in [6, 6.07) is 12.0. The molecule has 2 amide bonds. The Balaban J connectivity index is 1.23. The third-order valence-corrected chi connectivity index (χ3v) is 7.20. The maximum absolute atomic E-state index is 12.7. The molecule has 4 N–H and O–H groups in total. The van der Waals surface area contributed by atoms with Gasteiger partial charge in [0.1, 0.15) is 5.69 Å². The summed E-state index contributed by atoms with van der Waals surface area (Å²) in [5.74, 6) is 0.648. The first-order valence-corrected chi connectivity index (χ1v) is 13.1. The summed E-state index contributed by atoms with van der Waals surface area (Å²) in [6.45, 7) is 5.01. The minimum absolute atomic E-state index is 0.129. The molecule has 6 aromatic rings. The van der Waals surface area contributed by atoms with Crippen molar-refractivity contribution in [1.82, 2.24) is 45.3 Å². The van der Waals surface area contributed by atoms with E-state index in [-0.39, 0.29) is 6.03 Å². The number of fused-ring (bicyclic) bond motifs is 2. The van der Waals surface area contributed by atoms with Crippen molar-refractivity contribution in [2.24, 2.45) is 0 Å². The topological polar surface area (TPSA) is 140 Å². The second kappa shape index (κ2) is 9.86. The molecule has 1 aliphatic rings.